The Hall–Kier alpha value is -2.75. The molecule has 0 amide bonds. The van der Waals surface area contributed by atoms with Gasteiger partial charge < -0.3 is 9.72 Å². The van der Waals surface area contributed by atoms with Gasteiger partial charge in [-0.3, -0.25) is 4.79 Å². The van der Waals surface area contributed by atoms with Crippen molar-refractivity contribution in [1.29, 1.82) is 5.26 Å². The van der Waals surface area contributed by atoms with E-state index in [-0.39, 0.29) is 22.4 Å². The van der Waals surface area contributed by atoms with Crippen molar-refractivity contribution in [2.45, 2.75) is 13.1 Å². The first-order chi connectivity index (χ1) is 10.3. The van der Waals surface area contributed by atoms with Crippen LogP contribution in [0.1, 0.15) is 16.8 Å². The molecule has 2 rings (SSSR count). The molecule has 0 bridgehead atoms. The first-order valence-electron chi connectivity index (χ1n) is 6.17. The van der Waals surface area contributed by atoms with Gasteiger partial charge in [0, 0.05) is 11.3 Å². The largest absolute Gasteiger partial charge is 0.497 e. The van der Waals surface area contributed by atoms with Gasteiger partial charge in [0.2, 0.25) is 0 Å². The Morgan fingerprint density at radius 3 is 2.45 bits per heavy atom. The lowest BCUT2D eigenvalue weighted by Crippen LogP contribution is -2.13. The molecule has 0 saturated heterocycles. The lowest BCUT2D eigenvalue weighted by Gasteiger charge is -2.12. The highest BCUT2D eigenvalue weighted by atomic mass is 19.4. The summed E-state index contributed by atoms with van der Waals surface area (Å²) < 4.78 is 43.7. The van der Waals surface area contributed by atoms with Gasteiger partial charge in [0.25, 0.3) is 5.56 Å². The van der Waals surface area contributed by atoms with E-state index in [1.165, 1.54) is 19.2 Å². The molecule has 7 heteroatoms. The SMILES string of the molecule is COc1cc(-c2cc(C)[nH]c(=O)c2C#N)cc(C(F)(F)F)c1. The summed E-state index contributed by atoms with van der Waals surface area (Å²) in [6, 6.07) is 6.27. The van der Waals surface area contributed by atoms with Crippen molar-refractivity contribution in [2.75, 3.05) is 7.11 Å². The van der Waals surface area contributed by atoms with Crippen molar-refractivity contribution in [3.63, 3.8) is 0 Å². The highest BCUT2D eigenvalue weighted by Gasteiger charge is 2.31. The zero-order chi connectivity index (χ0) is 16.5. The summed E-state index contributed by atoms with van der Waals surface area (Å²) in [7, 11) is 1.24. The van der Waals surface area contributed by atoms with Crippen LogP contribution in [0, 0.1) is 18.3 Å². The van der Waals surface area contributed by atoms with Crippen molar-refractivity contribution in [3.8, 4) is 22.9 Å². The van der Waals surface area contributed by atoms with Crippen molar-refractivity contribution in [2.24, 2.45) is 0 Å². The van der Waals surface area contributed by atoms with Crippen LogP contribution >= 0.6 is 0 Å². The smallest absolute Gasteiger partial charge is 0.416 e. The number of aryl methyl sites for hydroxylation is 1. The minimum absolute atomic E-state index is 0.00773. The number of H-pyrrole nitrogens is 1. The summed E-state index contributed by atoms with van der Waals surface area (Å²) >= 11 is 0. The number of benzene rings is 1. The lowest BCUT2D eigenvalue weighted by molar-refractivity contribution is -0.137. The first-order valence-corrected chi connectivity index (χ1v) is 6.17. The quantitative estimate of drug-likeness (QED) is 0.926. The number of nitriles is 1. The number of hydrogen-bond acceptors (Lipinski definition) is 3. The number of nitrogens with one attached hydrogen (secondary N) is 1. The molecule has 1 aromatic carbocycles. The minimum Gasteiger partial charge on any atom is -0.497 e. The number of aromatic amines is 1. The summed E-state index contributed by atoms with van der Waals surface area (Å²) in [5, 5.41) is 9.08. The minimum atomic E-state index is -4.56. The highest BCUT2D eigenvalue weighted by molar-refractivity contribution is 5.72. The van der Waals surface area contributed by atoms with Crippen molar-refractivity contribution in [3.05, 3.63) is 51.4 Å². The molecule has 0 fully saturated rings. The molecule has 0 spiro atoms. The van der Waals surface area contributed by atoms with Crippen molar-refractivity contribution < 1.29 is 17.9 Å². The molecule has 0 aliphatic heterocycles. The lowest BCUT2D eigenvalue weighted by atomic mass is 9.98. The second-order valence-electron chi connectivity index (χ2n) is 4.63. The molecule has 22 heavy (non-hydrogen) atoms. The van der Waals surface area contributed by atoms with Crippen LogP contribution in [0.3, 0.4) is 0 Å². The zero-order valence-electron chi connectivity index (χ0n) is 11.7. The van der Waals surface area contributed by atoms with Crippen LogP contribution in [0.2, 0.25) is 0 Å². The molecule has 2 aromatic rings. The van der Waals surface area contributed by atoms with Crippen LogP contribution in [0.5, 0.6) is 5.75 Å². The van der Waals surface area contributed by atoms with E-state index < -0.39 is 17.3 Å². The molecule has 0 atom stereocenters. The van der Waals surface area contributed by atoms with Gasteiger partial charge in [0.1, 0.15) is 17.4 Å². The molecular formula is C15H11F3N2O2. The molecule has 114 valence electrons. The molecule has 0 aliphatic carbocycles. The Morgan fingerprint density at radius 2 is 1.91 bits per heavy atom. The van der Waals surface area contributed by atoms with E-state index in [1.54, 1.807) is 13.0 Å². The molecule has 0 radical (unpaired) electrons. The third kappa shape index (κ3) is 2.96. The molecular weight excluding hydrogens is 297 g/mol. The maximum Gasteiger partial charge on any atom is 0.416 e. The molecule has 0 unspecified atom stereocenters. The molecule has 1 N–H and O–H groups in total. The molecule has 4 nitrogen and oxygen atoms in total. The average molecular weight is 308 g/mol. The number of alkyl halides is 3. The number of rotatable bonds is 2. The van der Waals surface area contributed by atoms with Crippen LogP contribution in [0.25, 0.3) is 11.1 Å². The fourth-order valence-corrected chi connectivity index (χ4v) is 2.06. The van der Waals surface area contributed by atoms with Gasteiger partial charge in [-0.15, -0.1) is 0 Å². The van der Waals surface area contributed by atoms with Crippen molar-refractivity contribution in [1.82, 2.24) is 4.98 Å². The van der Waals surface area contributed by atoms with Gasteiger partial charge in [0.05, 0.1) is 12.7 Å². The fourth-order valence-electron chi connectivity index (χ4n) is 2.06. The number of nitrogens with zero attached hydrogens (tertiary/aromatic N) is 1. The second kappa shape index (κ2) is 5.56. The second-order valence-corrected chi connectivity index (χ2v) is 4.63. The summed E-state index contributed by atoms with van der Waals surface area (Å²) in [5.74, 6) is -0.00773. The fraction of sp³-hybridized carbons (Fsp3) is 0.200. The maximum absolute atomic E-state index is 13.0. The third-order valence-electron chi connectivity index (χ3n) is 3.06. The third-order valence-corrected chi connectivity index (χ3v) is 3.06. The predicted molar refractivity (Wildman–Crippen MR) is 73.5 cm³/mol. The number of hydrogen-bond donors (Lipinski definition) is 1. The molecule has 0 aliphatic rings. The number of halogens is 3. The number of ether oxygens (including phenoxy) is 1. The van der Waals surface area contributed by atoms with Crippen LogP contribution in [0.15, 0.2) is 29.1 Å². The van der Waals surface area contributed by atoms with E-state index in [4.69, 9.17) is 10.00 Å². The van der Waals surface area contributed by atoms with Crippen LogP contribution < -0.4 is 10.3 Å². The van der Waals surface area contributed by atoms with Gasteiger partial charge in [0.15, 0.2) is 0 Å². The Labute approximate surface area is 123 Å². The number of methoxy groups -OCH3 is 1. The summed E-state index contributed by atoms with van der Waals surface area (Å²) in [6.07, 6.45) is -4.56. The molecule has 0 saturated carbocycles. The standard InChI is InChI=1S/C15H11F3N2O2/c1-8-3-12(13(7-19)14(21)20-8)9-4-10(15(16,17)18)6-11(5-9)22-2/h3-6H,1-2H3,(H,20,21). The van der Waals surface area contributed by atoms with Crippen LogP contribution in [0.4, 0.5) is 13.2 Å². The average Bonchev–Trinajstić information content (AvgIpc) is 2.45. The van der Waals surface area contributed by atoms with E-state index in [2.05, 4.69) is 4.98 Å². The molecule has 1 aromatic heterocycles. The van der Waals surface area contributed by atoms with E-state index in [1.807, 2.05) is 0 Å². The number of aromatic nitrogens is 1. The Kier molecular flexibility index (Phi) is 3.95. The van der Waals surface area contributed by atoms with Gasteiger partial charge in [-0.2, -0.15) is 18.4 Å². The predicted octanol–water partition coefficient (Wildman–Crippen LogP) is 3.25. The Bertz CT molecular complexity index is 817. The van der Waals surface area contributed by atoms with E-state index in [0.29, 0.717) is 5.69 Å². The van der Waals surface area contributed by atoms with E-state index >= 15 is 0 Å². The maximum atomic E-state index is 13.0. The summed E-state index contributed by atoms with van der Waals surface area (Å²) in [5.41, 5.74) is -1.13. The Balaban J connectivity index is 2.78. The van der Waals surface area contributed by atoms with Gasteiger partial charge in [-0.1, -0.05) is 0 Å². The zero-order valence-corrected chi connectivity index (χ0v) is 11.7. The van der Waals surface area contributed by atoms with Crippen LogP contribution in [-0.4, -0.2) is 12.1 Å². The topological polar surface area (TPSA) is 65.9 Å². The van der Waals surface area contributed by atoms with Crippen molar-refractivity contribution >= 4 is 0 Å². The van der Waals surface area contributed by atoms with Crippen LogP contribution in [-0.2, 0) is 6.18 Å². The van der Waals surface area contributed by atoms with E-state index in [9.17, 15) is 18.0 Å². The van der Waals surface area contributed by atoms with Gasteiger partial charge in [-0.05, 0) is 36.8 Å². The molecule has 1 heterocycles. The number of pyridine rings is 1. The van der Waals surface area contributed by atoms with Gasteiger partial charge in [-0.25, -0.2) is 0 Å². The van der Waals surface area contributed by atoms with E-state index in [0.717, 1.165) is 12.1 Å². The monoisotopic (exact) mass is 308 g/mol. The Morgan fingerprint density at radius 1 is 1.23 bits per heavy atom. The summed E-state index contributed by atoms with van der Waals surface area (Å²) in [6.45, 7) is 1.58. The first kappa shape index (κ1) is 15.6. The summed E-state index contributed by atoms with van der Waals surface area (Å²) in [4.78, 5) is 14.2. The van der Waals surface area contributed by atoms with Gasteiger partial charge >= 0.3 is 6.18 Å². The normalized spacial score (nSPS) is 11.1. The highest BCUT2D eigenvalue weighted by Crippen LogP contribution is 2.36.